The molecule has 42 heavy (non-hydrogen) atoms. The molecule has 2 aliphatic heterocycles. The number of nitrogens with two attached hydrogens (primary N) is 1. The molecule has 1 atom stereocenters. The summed E-state index contributed by atoms with van der Waals surface area (Å²) >= 11 is 2.99. The molecule has 2 aromatic carbocycles. The Morgan fingerprint density at radius 2 is 1.71 bits per heavy atom. The highest BCUT2D eigenvalue weighted by atomic mass is 32.2. The van der Waals surface area contributed by atoms with Gasteiger partial charge >= 0.3 is 0 Å². The molecule has 0 aliphatic carbocycles. The number of piperazine rings is 1. The Kier molecular flexibility index (Phi) is 9.55. The van der Waals surface area contributed by atoms with E-state index in [1.54, 1.807) is 46.8 Å². The second-order valence-electron chi connectivity index (χ2n) is 10.5. The molecule has 1 unspecified atom stereocenters. The Balaban J connectivity index is 1.11. The van der Waals surface area contributed by atoms with Crippen molar-refractivity contribution in [2.24, 2.45) is 5.73 Å². The fourth-order valence-electron chi connectivity index (χ4n) is 5.24. The molecule has 3 heterocycles. The van der Waals surface area contributed by atoms with Gasteiger partial charge in [0.15, 0.2) is 5.13 Å². The molecule has 2 saturated heterocycles. The van der Waals surface area contributed by atoms with Crippen LogP contribution < -0.4 is 11.1 Å². The predicted octanol–water partition coefficient (Wildman–Crippen LogP) is 3.44. The first-order chi connectivity index (χ1) is 20.3. The SMILES string of the molecule is CC(=O)N1CCN(C(=O)c2cccc(CSc3cnc(NC(=O)c4ccc(CN5CCCC5C(N)=O)cc4)s3)c2)CC1. The van der Waals surface area contributed by atoms with Crippen LogP contribution >= 0.6 is 23.1 Å². The average molecular weight is 607 g/mol. The van der Waals surface area contributed by atoms with Gasteiger partial charge in [-0.3, -0.25) is 29.4 Å². The van der Waals surface area contributed by atoms with Crippen LogP contribution in [0.1, 0.15) is 51.6 Å². The predicted molar refractivity (Wildman–Crippen MR) is 163 cm³/mol. The van der Waals surface area contributed by atoms with Gasteiger partial charge in [-0.2, -0.15) is 0 Å². The van der Waals surface area contributed by atoms with Gasteiger partial charge in [0.25, 0.3) is 11.8 Å². The molecule has 0 bridgehead atoms. The lowest BCUT2D eigenvalue weighted by molar-refractivity contribution is -0.130. The summed E-state index contributed by atoms with van der Waals surface area (Å²) in [4.78, 5) is 59.0. The van der Waals surface area contributed by atoms with Crippen LogP contribution in [0.25, 0.3) is 0 Å². The van der Waals surface area contributed by atoms with Gasteiger partial charge in [0.1, 0.15) is 0 Å². The number of thiazole rings is 1. The van der Waals surface area contributed by atoms with Gasteiger partial charge < -0.3 is 15.5 Å². The maximum atomic E-state index is 13.0. The molecule has 0 radical (unpaired) electrons. The average Bonchev–Trinajstić information content (AvgIpc) is 3.66. The number of benzene rings is 2. The molecule has 5 rings (SSSR count). The Bertz CT molecular complexity index is 1450. The fourth-order valence-corrected chi connectivity index (χ4v) is 7.05. The van der Waals surface area contributed by atoms with E-state index >= 15 is 0 Å². The molecule has 1 aromatic heterocycles. The summed E-state index contributed by atoms with van der Waals surface area (Å²) in [7, 11) is 0. The van der Waals surface area contributed by atoms with Gasteiger partial charge in [-0.25, -0.2) is 4.98 Å². The smallest absolute Gasteiger partial charge is 0.257 e. The lowest BCUT2D eigenvalue weighted by Crippen LogP contribution is -2.50. The minimum absolute atomic E-state index is 0.0215. The summed E-state index contributed by atoms with van der Waals surface area (Å²) in [5.74, 6) is 0.149. The largest absolute Gasteiger partial charge is 0.368 e. The molecule has 12 heteroatoms. The highest BCUT2D eigenvalue weighted by Gasteiger charge is 2.29. The third-order valence-corrected chi connectivity index (χ3v) is 9.74. The van der Waals surface area contributed by atoms with E-state index in [9.17, 15) is 19.2 Å². The number of hydrogen-bond donors (Lipinski definition) is 2. The maximum absolute atomic E-state index is 13.0. The first-order valence-corrected chi connectivity index (χ1v) is 15.7. The Morgan fingerprint density at radius 3 is 2.43 bits per heavy atom. The van der Waals surface area contributed by atoms with Crippen molar-refractivity contribution < 1.29 is 19.2 Å². The van der Waals surface area contributed by atoms with Crippen LogP contribution in [0, 0.1) is 0 Å². The number of amides is 4. The van der Waals surface area contributed by atoms with Crippen molar-refractivity contribution >= 4 is 51.9 Å². The minimum Gasteiger partial charge on any atom is -0.368 e. The van der Waals surface area contributed by atoms with E-state index in [0.29, 0.717) is 54.7 Å². The van der Waals surface area contributed by atoms with Gasteiger partial charge in [-0.1, -0.05) is 35.6 Å². The van der Waals surface area contributed by atoms with Crippen molar-refractivity contribution in [1.82, 2.24) is 19.7 Å². The van der Waals surface area contributed by atoms with E-state index in [2.05, 4.69) is 15.2 Å². The van der Waals surface area contributed by atoms with Gasteiger partial charge in [0.05, 0.1) is 16.4 Å². The zero-order valence-corrected chi connectivity index (χ0v) is 25.1. The molecule has 3 aromatic rings. The second kappa shape index (κ2) is 13.5. The molecular weight excluding hydrogens is 573 g/mol. The molecule has 2 aliphatic rings. The van der Waals surface area contributed by atoms with Crippen LogP contribution in [0.15, 0.2) is 58.9 Å². The monoisotopic (exact) mass is 606 g/mol. The highest BCUT2D eigenvalue weighted by molar-refractivity contribution is 8.00. The molecule has 0 saturated carbocycles. The van der Waals surface area contributed by atoms with Crippen molar-refractivity contribution in [2.75, 3.05) is 38.0 Å². The third kappa shape index (κ3) is 7.36. The van der Waals surface area contributed by atoms with E-state index in [-0.39, 0.29) is 29.7 Å². The van der Waals surface area contributed by atoms with Crippen LogP contribution in [0.4, 0.5) is 5.13 Å². The Morgan fingerprint density at radius 1 is 0.976 bits per heavy atom. The molecule has 2 fully saturated rings. The number of nitrogens with zero attached hydrogens (tertiary/aromatic N) is 4. The molecule has 3 N–H and O–H groups in total. The van der Waals surface area contributed by atoms with Crippen LogP contribution in [-0.4, -0.2) is 82.1 Å². The number of aromatic nitrogens is 1. The van der Waals surface area contributed by atoms with E-state index in [1.807, 2.05) is 36.4 Å². The summed E-state index contributed by atoms with van der Waals surface area (Å²) < 4.78 is 0.951. The molecule has 220 valence electrons. The molecule has 10 nitrogen and oxygen atoms in total. The third-order valence-electron chi connectivity index (χ3n) is 7.57. The number of rotatable bonds is 9. The van der Waals surface area contributed by atoms with Gasteiger partial charge in [0, 0.05) is 56.5 Å². The van der Waals surface area contributed by atoms with Crippen molar-refractivity contribution in [1.29, 1.82) is 0 Å². The zero-order valence-electron chi connectivity index (χ0n) is 23.5. The molecule has 0 spiro atoms. The number of primary amides is 1. The lowest BCUT2D eigenvalue weighted by atomic mass is 10.1. The summed E-state index contributed by atoms with van der Waals surface area (Å²) in [5.41, 5.74) is 8.73. The van der Waals surface area contributed by atoms with Crippen LogP contribution in [0.2, 0.25) is 0 Å². The van der Waals surface area contributed by atoms with Crippen LogP contribution in [-0.2, 0) is 21.9 Å². The van der Waals surface area contributed by atoms with E-state index in [1.165, 1.54) is 11.3 Å². The number of carbonyl (C=O) groups is 4. The van der Waals surface area contributed by atoms with E-state index in [4.69, 9.17) is 5.73 Å². The fraction of sp³-hybridized carbons (Fsp3) is 0.367. The topological polar surface area (TPSA) is 129 Å². The quantitative estimate of drug-likeness (QED) is 0.357. The standard InChI is InChI=1S/C30H34N6O4S2/c1-20(37)34-12-14-35(15-13-34)29(40)24-5-2-4-22(16-24)19-41-26-17-32-30(42-26)33-28(39)23-9-7-21(8-10-23)18-36-11-3-6-25(36)27(31)38/h2,4-5,7-10,16-17,25H,3,6,11-15,18-19H2,1H3,(H2,31,38)(H,32,33,39). The van der Waals surface area contributed by atoms with Gasteiger partial charge in [-0.15, -0.1) is 11.8 Å². The van der Waals surface area contributed by atoms with E-state index < -0.39 is 0 Å². The van der Waals surface area contributed by atoms with Gasteiger partial charge in [-0.05, 0) is 54.8 Å². The number of nitrogens with one attached hydrogen (secondary N) is 1. The number of hydrogen-bond acceptors (Lipinski definition) is 8. The Hall–Kier alpha value is -3.74. The molecule has 4 amide bonds. The maximum Gasteiger partial charge on any atom is 0.257 e. The number of carbonyl (C=O) groups excluding carboxylic acids is 4. The normalized spacial score (nSPS) is 17.3. The minimum atomic E-state index is -0.287. The first-order valence-electron chi connectivity index (χ1n) is 13.9. The summed E-state index contributed by atoms with van der Waals surface area (Å²) in [6.45, 7) is 5.20. The number of likely N-dealkylation sites (tertiary alicyclic amines) is 1. The summed E-state index contributed by atoms with van der Waals surface area (Å²) in [5, 5.41) is 3.39. The van der Waals surface area contributed by atoms with E-state index in [0.717, 1.165) is 34.7 Å². The van der Waals surface area contributed by atoms with Crippen LogP contribution in [0.3, 0.4) is 0 Å². The number of thioether (sulfide) groups is 1. The first kappa shape index (κ1) is 29.7. The van der Waals surface area contributed by atoms with Crippen molar-refractivity contribution in [3.05, 3.63) is 77.0 Å². The molecular formula is C30H34N6O4S2. The summed E-state index contributed by atoms with van der Waals surface area (Å²) in [6.07, 6.45) is 3.48. The van der Waals surface area contributed by atoms with Crippen molar-refractivity contribution in [3.8, 4) is 0 Å². The van der Waals surface area contributed by atoms with Crippen molar-refractivity contribution in [2.45, 2.75) is 42.3 Å². The lowest BCUT2D eigenvalue weighted by Gasteiger charge is -2.34. The zero-order chi connectivity index (χ0) is 29.6. The van der Waals surface area contributed by atoms with Crippen LogP contribution in [0.5, 0.6) is 0 Å². The number of anilines is 1. The summed E-state index contributed by atoms with van der Waals surface area (Å²) in [6, 6.07) is 14.8. The van der Waals surface area contributed by atoms with Gasteiger partial charge in [0.2, 0.25) is 11.8 Å². The van der Waals surface area contributed by atoms with Crippen molar-refractivity contribution in [3.63, 3.8) is 0 Å². The highest BCUT2D eigenvalue weighted by Crippen LogP contribution is 2.31. The second-order valence-corrected chi connectivity index (χ2v) is 12.8. The Labute approximate surface area is 253 Å².